The maximum Gasteiger partial charge on any atom is 0.139 e. The molecule has 1 N–H and O–H groups in total. The molecule has 0 saturated carbocycles. The van der Waals surface area contributed by atoms with Gasteiger partial charge in [0.25, 0.3) is 0 Å². The van der Waals surface area contributed by atoms with Crippen molar-refractivity contribution in [2.24, 2.45) is 0 Å². The van der Waals surface area contributed by atoms with Gasteiger partial charge in [0, 0.05) is 5.56 Å². The van der Waals surface area contributed by atoms with Gasteiger partial charge in [-0.2, -0.15) is 0 Å². The van der Waals surface area contributed by atoms with Gasteiger partial charge >= 0.3 is 0 Å². The van der Waals surface area contributed by atoms with Crippen molar-refractivity contribution < 1.29 is 9.13 Å². The van der Waals surface area contributed by atoms with Crippen molar-refractivity contribution in [2.45, 2.75) is 31.9 Å². The zero-order chi connectivity index (χ0) is 11.7. The van der Waals surface area contributed by atoms with E-state index in [-0.39, 0.29) is 18.0 Å². The quantitative estimate of drug-likeness (QED) is 0.920. The molecule has 88 valence electrons. The third kappa shape index (κ3) is 1.96. The minimum Gasteiger partial charge on any atom is -0.487 e. The van der Waals surface area contributed by atoms with Gasteiger partial charge in [0.1, 0.15) is 17.7 Å². The van der Waals surface area contributed by atoms with Gasteiger partial charge in [0.2, 0.25) is 0 Å². The van der Waals surface area contributed by atoms with Gasteiger partial charge in [0.05, 0.1) is 10.5 Å². The van der Waals surface area contributed by atoms with E-state index in [4.69, 9.17) is 4.74 Å². The van der Waals surface area contributed by atoms with Gasteiger partial charge in [0.15, 0.2) is 0 Å². The fourth-order valence-corrected chi connectivity index (χ4v) is 2.75. The number of hydrogen-bond acceptors (Lipinski definition) is 2. The summed E-state index contributed by atoms with van der Waals surface area (Å²) in [6.07, 6.45) is 2.12. The Balaban J connectivity index is 2.38. The molecule has 4 heteroatoms. The molecule has 16 heavy (non-hydrogen) atoms. The second-order valence-corrected chi connectivity index (χ2v) is 4.87. The van der Waals surface area contributed by atoms with Crippen molar-refractivity contribution in [3.63, 3.8) is 0 Å². The molecule has 1 aliphatic rings. The van der Waals surface area contributed by atoms with Crippen molar-refractivity contribution in [3.8, 4) is 5.75 Å². The van der Waals surface area contributed by atoms with Crippen LogP contribution in [0.4, 0.5) is 4.39 Å². The molecule has 1 aromatic carbocycles. The molecule has 0 radical (unpaired) electrons. The van der Waals surface area contributed by atoms with E-state index in [2.05, 4.69) is 28.2 Å². The number of hydrogen-bond donors (Lipinski definition) is 1. The van der Waals surface area contributed by atoms with Crippen LogP contribution < -0.4 is 10.1 Å². The van der Waals surface area contributed by atoms with Crippen LogP contribution in [0.5, 0.6) is 5.75 Å². The average molecular weight is 288 g/mol. The lowest BCUT2D eigenvalue weighted by molar-refractivity contribution is 0.181. The fourth-order valence-electron chi connectivity index (χ4n) is 2.21. The summed E-state index contributed by atoms with van der Waals surface area (Å²) in [6, 6.07) is 3.08. The number of nitrogens with one attached hydrogen (secondary N) is 1. The summed E-state index contributed by atoms with van der Waals surface area (Å²) in [7, 11) is 1.88. The van der Waals surface area contributed by atoms with Gasteiger partial charge in [-0.3, -0.25) is 0 Å². The second kappa shape index (κ2) is 4.72. The Hall–Kier alpha value is -0.610. The first-order valence-electron chi connectivity index (χ1n) is 5.50. The average Bonchev–Trinajstić information content (AvgIpc) is 2.56. The molecule has 2 nitrogen and oxygen atoms in total. The minimum absolute atomic E-state index is 0.0851. The van der Waals surface area contributed by atoms with Gasteiger partial charge < -0.3 is 10.1 Å². The molecular formula is C12H15BrFNO. The highest BCUT2D eigenvalue weighted by Gasteiger charge is 2.34. The van der Waals surface area contributed by atoms with Crippen molar-refractivity contribution in [1.29, 1.82) is 0 Å². The molecule has 0 bridgehead atoms. The van der Waals surface area contributed by atoms with E-state index in [9.17, 15) is 4.39 Å². The Morgan fingerprint density at radius 3 is 2.88 bits per heavy atom. The van der Waals surface area contributed by atoms with E-state index < -0.39 is 0 Å². The van der Waals surface area contributed by atoms with E-state index in [0.717, 1.165) is 24.2 Å². The molecule has 2 unspecified atom stereocenters. The van der Waals surface area contributed by atoms with Crippen LogP contribution in [0.25, 0.3) is 0 Å². The summed E-state index contributed by atoms with van der Waals surface area (Å²) in [5, 5.41) is 3.20. The summed E-state index contributed by atoms with van der Waals surface area (Å²) in [6.45, 7) is 2.12. The maximum atomic E-state index is 13.3. The molecule has 2 atom stereocenters. The highest BCUT2D eigenvalue weighted by molar-refractivity contribution is 9.10. The summed E-state index contributed by atoms with van der Waals surface area (Å²) in [4.78, 5) is 0. The van der Waals surface area contributed by atoms with Crippen molar-refractivity contribution in [2.75, 3.05) is 7.05 Å². The number of ether oxygens (including phenoxy) is 1. The SMILES string of the molecule is CCCC1Oc2c(Br)cc(F)cc2C1NC. The zero-order valence-corrected chi connectivity index (χ0v) is 11.0. The highest BCUT2D eigenvalue weighted by Crippen LogP contribution is 2.43. The maximum absolute atomic E-state index is 13.3. The lowest BCUT2D eigenvalue weighted by Crippen LogP contribution is -2.28. The van der Waals surface area contributed by atoms with Crippen LogP contribution in [0.15, 0.2) is 16.6 Å². The van der Waals surface area contributed by atoms with E-state index >= 15 is 0 Å². The summed E-state index contributed by atoms with van der Waals surface area (Å²) in [5.74, 6) is 0.547. The Labute approximate surface area is 103 Å². The first kappa shape index (κ1) is 11.9. The molecule has 0 saturated heterocycles. The number of benzene rings is 1. The Morgan fingerprint density at radius 2 is 2.25 bits per heavy atom. The third-order valence-corrected chi connectivity index (χ3v) is 3.49. The first-order valence-corrected chi connectivity index (χ1v) is 6.29. The minimum atomic E-state index is -0.230. The van der Waals surface area contributed by atoms with Crippen molar-refractivity contribution >= 4 is 15.9 Å². The van der Waals surface area contributed by atoms with E-state index in [1.54, 1.807) is 6.07 Å². The summed E-state index contributed by atoms with van der Waals surface area (Å²) >= 11 is 3.34. The molecule has 2 rings (SSSR count). The molecule has 0 aromatic heterocycles. The van der Waals surface area contributed by atoms with E-state index in [1.807, 2.05) is 7.05 Å². The van der Waals surface area contributed by atoms with Crippen LogP contribution in [-0.4, -0.2) is 13.2 Å². The van der Waals surface area contributed by atoms with Crippen LogP contribution in [0, 0.1) is 5.82 Å². The third-order valence-electron chi connectivity index (χ3n) is 2.90. The van der Waals surface area contributed by atoms with Gasteiger partial charge in [-0.15, -0.1) is 0 Å². The molecule has 1 aliphatic heterocycles. The largest absolute Gasteiger partial charge is 0.487 e. The van der Waals surface area contributed by atoms with Gasteiger partial charge in [-0.05, 0) is 41.5 Å². The van der Waals surface area contributed by atoms with Gasteiger partial charge in [-0.25, -0.2) is 4.39 Å². The van der Waals surface area contributed by atoms with Gasteiger partial charge in [-0.1, -0.05) is 13.3 Å². The number of rotatable bonds is 3. The number of halogens is 2. The summed E-state index contributed by atoms with van der Waals surface area (Å²) in [5.41, 5.74) is 0.910. The molecule has 0 amide bonds. The van der Waals surface area contributed by atoms with Crippen LogP contribution in [0.2, 0.25) is 0 Å². The fraction of sp³-hybridized carbons (Fsp3) is 0.500. The number of fused-ring (bicyclic) bond motifs is 1. The highest BCUT2D eigenvalue weighted by atomic mass is 79.9. The molecule has 0 spiro atoms. The topological polar surface area (TPSA) is 21.3 Å². The molecule has 1 aromatic rings. The van der Waals surface area contributed by atoms with E-state index in [0.29, 0.717) is 4.47 Å². The standard InChI is InChI=1S/C12H15BrFNO/c1-3-4-10-11(15-2)8-5-7(14)6-9(13)12(8)16-10/h5-6,10-11,15H,3-4H2,1-2H3. The van der Waals surface area contributed by atoms with Crippen LogP contribution in [-0.2, 0) is 0 Å². The zero-order valence-electron chi connectivity index (χ0n) is 9.39. The van der Waals surface area contributed by atoms with Crippen LogP contribution >= 0.6 is 15.9 Å². The normalized spacial score (nSPS) is 23.0. The second-order valence-electron chi connectivity index (χ2n) is 4.02. The summed E-state index contributed by atoms with van der Waals surface area (Å²) < 4.78 is 19.9. The monoisotopic (exact) mass is 287 g/mol. The predicted octanol–water partition coefficient (Wildman–Crippen LogP) is 3.41. The van der Waals surface area contributed by atoms with Crippen LogP contribution in [0.3, 0.4) is 0 Å². The Morgan fingerprint density at radius 1 is 1.50 bits per heavy atom. The molecule has 1 heterocycles. The smallest absolute Gasteiger partial charge is 0.139 e. The van der Waals surface area contributed by atoms with Crippen molar-refractivity contribution in [3.05, 3.63) is 28.0 Å². The molecule has 0 fully saturated rings. The molecular weight excluding hydrogens is 273 g/mol. The number of likely N-dealkylation sites (N-methyl/N-ethyl adjacent to an activating group) is 1. The van der Waals surface area contributed by atoms with Crippen LogP contribution in [0.1, 0.15) is 31.4 Å². The van der Waals surface area contributed by atoms with Crippen molar-refractivity contribution in [1.82, 2.24) is 5.32 Å². The molecule has 0 aliphatic carbocycles. The van der Waals surface area contributed by atoms with E-state index in [1.165, 1.54) is 6.07 Å². The lowest BCUT2D eigenvalue weighted by atomic mass is 10.0. The predicted molar refractivity (Wildman–Crippen MR) is 65.2 cm³/mol. The Bertz CT molecular complexity index is 397. The first-order chi connectivity index (χ1) is 7.67. The lowest BCUT2D eigenvalue weighted by Gasteiger charge is -2.17. The Kier molecular flexibility index (Phi) is 3.50.